The fourth-order valence-electron chi connectivity index (χ4n) is 0.659. The lowest BCUT2D eigenvalue weighted by Gasteiger charge is -1.92. The van der Waals surface area contributed by atoms with Crippen LogP contribution < -0.4 is 0 Å². The van der Waals surface area contributed by atoms with Gasteiger partial charge in [0.1, 0.15) is 0 Å². The van der Waals surface area contributed by atoms with Crippen molar-refractivity contribution in [2.45, 2.75) is 13.8 Å². The molecule has 0 radical (unpaired) electrons. The molecular weight excluding hydrogens is 272 g/mol. The molecule has 0 saturated heterocycles. The second-order valence-corrected chi connectivity index (χ2v) is 2.85. The number of rotatable bonds is 6. The van der Waals surface area contributed by atoms with Crippen molar-refractivity contribution in [1.82, 2.24) is 0 Å². The van der Waals surface area contributed by atoms with Gasteiger partial charge in [-0.3, -0.25) is 0 Å². The molecule has 0 amide bonds. The van der Waals surface area contributed by atoms with Crippen molar-refractivity contribution >= 4 is 23.9 Å². The number of carbonyl (C=O) groups excluding carboxylic acids is 2. The maximum Gasteiger partial charge on any atom is 0.330 e. The maximum atomic E-state index is 10.4. The lowest BCUT2D eigenvalue weighted by Crippen LogP contribution is -2.00. The van der Waals surface area contributed by atoms with Crippen LogP contribution >= 0.6 is 0 Å². The number of carboxylic acid groups (broad SMARTS) is 2. The Morgan fingerprint density at radius 1 is 0.750 bits per heavy atom. The minimum Gasteiger partial charge on any atom is -0.478 e. The molecule has 0 aliphatic rings. The van der Waals surface area contributed by atoms with Gasteiger partial charge in [0.15, 0.2) is 0 Å². The molecule has 0 rings (SSSR count). The molecule has 0 bridgehead atoms. The van der Waals surface area contributed by atoms with Crippen LogP contribution in [0.25, 0.3) is 0 Å². The zero-order valence-corrected chi connectivity index (χ0v) is 11.1. The molecule has 0 saturated carbocycles. The molecule has 0 heterocycles. The predicted octanol–water partition coefficient (Wildman–Crippen LogP) is 0.381. The first kappa shape index (κ1) is 19.7. The van der Waals surface area contributed by atoms with Crippen LogP contribution in [0, 0.1) is 0 Å². The maximum absolute atomic E-state index is 10.4. The molecule has 0 atom stereocenters. The summed E-state index contributed by atoms with van der Waals surface area (Å²) in [4.78, 5) is 40.4. The Bertz CT molecular complexity index is 356. The van der Waals surface area contributed by atoms with Crippen LogP contribution in [-0.4, -0.2) is 47.3 Å². The zero-order chi connectivity index (χ0) is 16.0. The topological polar surface area (TPSA) is 127 Å². The normalized spacial score (nSPS) is 9.70. The van der Waals surface area contributed by atoms with Gasteiger partial charge in [-0.05, 0) is 13.8 Å². The number of hydrogen-bond donors (Lipinski definition) is 2. The molecule has 8 nitrogen and oxygen atoms in total. The molecule has 0 fully saturated rings. The third-order valence-electron chi connectivity index (χ3n) is 1.30. The van der Waals surface area contributed by atoms with Crippen LogP contribution in [0.1, 0.15) is 13.8 Å². The van der Waals surface area contributed by atoms with E-state index in [-0.39, 0.29) is 13.2 Å². The van der Waals surface area contributed by atoms with Crippen LogP contribution in [0.15, 0.2) is 24.3 Å². The SMILES string of the molecule is CCOC(=O)/C=C\C(=O)O.CCOC(=O)/C=C\C(=O)O. The highest BCUT2D eigenvalue weighted by Crippen LogP contribution is 1.80. The molecular formula is C12H16O8. The van der Waals surface area contributed by atoms with Crippen LogP contribution in [0.5, 0.6) is 0 Å². The van der Waals surface area contributed by atoms with E-state index in [9.17, 15) is 19.2 Å². The van der Waals surface area contributed by atoms with Gasteiger partial charge in [-0.1, -0.05) is 0 Å². The van der Waals surface area contributed by atoms with E-state index in [1.165, 1.54) is 0 Å². The smallest absolute Gasteiger partial charge is 0.330 e. The zero-order valence-electron chi connectivity index (χ0n) is 11.1. The van der Waals surface area contributed by atoms with Gasteiger partial charge in [-0.25, -0.2) is 19.2 Å². The summed E-state index contributed by atoms with van der Waals surface area (Å²) >= 11 is 0. The second kappa shape index (κ2) is 12.8. The van der Waals surface area contributed by atoms with Gasteiger partial charge in [-0.15, -0.1) is 0 Å². The Hall–Kier alpha value is -2.64. The molecule has 112 valence electrons. The van der Waals surface area contributed by atoms with E-state index in [0.29, 0.717) is 0 Å². The first-order chi connectivity index (χ1) is 9.33. The Labute approximate surface area is 115 Å². The van der Waals surface area contributed by atoms with Gasteiger partial charge < -0.3 is 19.7 Å². The van der Waals surface area contributed by atoms with E-state index in [4.69, 9.17) is 10.2 Å². The van der Waals surface area contributed by atoms with Crippen LogP contribution in [-0.2, 0) is 28.7 Å². The third kappa shape index (κ3) is 17.7. The Balaban J connectivity index is 0. The van der Waals surface area contributed by atoms with Crippen LogP contribution in [0.3, 0.4) is 0 Å². The summed E-state index contributed by atoms with van der Waals surface area (Å²) in [7, 11) is 0. The van der Waals surface area contributed by atoms with Crippen molar-refractivity contribution in [3.63, 3.8) is 0 Å². The van der Waals surface area contributed by atoms with E-state index in [1.54, 1.807) is 13.8 Å². The number of aliphatic carboxylic acids is 2. The standard InChI is InChI=1S/2C6H8O4/c2*1-2-10-6(9)4-3-5(7)8/h2*3-4H,2H2,1H3,(H,7,8)/b2*4-3-. The monoisotopic (exact) mass is 288 g/mol. The molecule has 0 aromatic carbocycles. The van der Waals surface area contributed by atoms with Crippen molar-refractivity contribution < 1.29 is 38.9 Å². The number of ether oxygens (including phenoxy) is 2. The first-order valence-corrected chi connectivity index (χ1v) is 5.48. The average Bonchev–Trinajstić information content (AvgIpc) is 2.35. The van der Waals surface area contributed by atoms with Crippen molar-refractivity contribution in [2.24, 2.45) is 0 Å². The van der Waals surface area contributed by atoms with E-state index in [2.05, 4.69) is 9.47 Å². The summed E-state index contributed by atoms with van der Waals surface area (Å²) in [6.07, 6.45) is 3.20. The minimum atomic E-state index is -1.16. The second-order valence-electron chi connectivity index (χ2n) is 2.85. The predicted molar refractivity (Wildman–Crippen MR) is 66.8 cm³/mol. The van der Waals surface area contributed by atoms with E-state index in [1.807, 2.05) is 0 Å². The van der Waals surface area contributed by atoms with E-state index < -0.39 is 23.9 Å². The number of esters is 2. The van der Waals surface area contributed by atoms with Crippen molar-refractivity contribution in [1.29, 1.82) is 0 Å². The summed E-state index contributed by atoms with van der Waals surface area (Å²) in [5.41, 5.74) is 0. The largest absolute Gasteiger partial charge is 0.478 e. The molecule has 0 aromatic heterocycles. The number of carboxylic acids is 2. The van der Waals surface area contributed by atoms with Crippen molar-refractivity contribution in [2.75, 3.05) is 13.2 Å². The molecule has 0 unspecified atom stereocenters. The molecule has 2 N–H and O–H groups in total. The summed E-state index contributed by atoms with van der Waals surface area (Å²) in [6.45, 7) is 3.80. The van der Waals surface area contributed by atoms with Gasteiger partial charge in [-0.2, -0.15) is 0 Å². The number of hydrogen-bond acceptors (Lipinski definition) is 6. The van der Waals surface area contributed by atoms with Crippen molar-refractivity contribution in [3.8, 4) is 0 Å². The highest BCUT2D eigenvalue weighted by Gasteiger charge is 1.94. The Morgan fingerprint density at radius 3 is 1.25 bits per heavy atom. The van der Waals surface area contributed by atoms with E-state index >= 15 is 0 Å². The summed E-state index contributed by atoms with van der Waals surface area (Å²) in [5, 5.41) is 16.1. The fourth-order valence-corrected chi connectivity index (χ4v) is 0.659. The summed E-state index contributed by atoms with van der Waals surface area (Å²) < 4.78 is 8.81. The molecule has 20 heavy (non-hydrogen) atoms. The lowest BCUT2D eigenvalue weighted by molar-refractivity contribution is -0.138. The average molecular weight is 288 g/mol. The lowest BCUT2D eigenvalue weighted by atomic mass is 10.5. The van der Waals surface area contributed by atoms with Gasteiger partial charge in [0.05, 0.1) is 13.2 Å². The highest BCUT2D eigenvalue weighted by molar-refractivity contribution is 5.91. The van der Waals surface area contributed by atoms with Gasteiger partial charge in [0.25, 0.3) is 0 Å². The summed E-state index contributed by atoms with van der Waals surface area (Å²) in [6, 6.07) is 0. The molecule has 0 aliphatic heterocycles. The van der Waals surface area contributed by atoms with Crippen LogP contribution in [0.4, 0.5) is 0 Å². The van der Waals surface area contributed by atoms with Gasteiger partial charge in [0.2, 0.25) is 0 Å². The first-order valence-electron chi connectivity index (χ1n) is 5.48. The quantitative estimate of drug-likeness (QED) is 0.530. The van der Waals surface area contributed by atoms with Crippen LogP contribution in [0.2, 0.25) is 0 Å². The molecule has 0 aliphatic carbocycles. The fraction of sp³-hybridized carbons (Fsp3) is 0.333. The molecule has 0 aromatic rings. The summed E-state index contributed by atoms with van der Waals surface area (Å²) in [5.74, 6) is -3.59. The Kier molecular flexibility index (Phi) is 12.6. The minimum absolute atomic E-state index is 0.253. The molecule has 8 heteroatoms. The molecule has 0 spiro atoms. The van der Waals surface area contributed by atoms with Crippen molar-refractivity contribution in [3.05, 3.63) is 24.3 Å². The van der Waals surface area contributed by atoms with E-state index in [0.717, 1.165) is 24.3 Å². The number of carbonyl (C=O) groups is 4. The highest BCUT2D eigenvalue weighted by atomic mass is 16.5. The van der Waals surface area contributed by atoms with Gasteiger partial charge in [0, 0.05) is 24.3 Å². The Morgan fingerprint density at radius 2 is 1.05 bits per heavy atom. The van der Waals surface area contributed by atoms with Gasteiger partial charge >= 0.3 is 23.9 Å². The third-order valence-corrected chi connectivity index (χ3v) is 1.30.